The van der Waals surface area contributed by atoms with E-state index >= 15 is 0 Å². The second-order valence-electron chi connectivity index (χ2n) is 4.62. The number of aliphatic hydroxyl groups is 1. The lowest BCUT2D eigenvalue weighted by atomic mass is 9.97. The zero-order chi connectivity index (χ0) is 10.4. The minimum atomic E-state index is -0.0836. The quantitative estimate of drug-likeness (QED) is 0.667. The van der Waals surface area contributed by atoms with Crippen LogP contribution < -0.4 is 5.32 Å². The van der Waals surface area contributed by atoms with Gasteiger partial charge < -0.3 is 15.3 Å². The zero-order valence-corrected chi connectivity index (χ0v) is 9.55. The molecule has 3 nitrogen and oxygen atoms in total. The van der Waals surface area contributed by atoms with E-state index in [9.17, 15) is 5.11 Å². The topological polar surface area (TPSA) is 35.5 Å². The second-order valence-corrected chi connectivity index (χ2v) is 4.62. The molecule has 1 rings (SSSR count). The van der Waals surface area contributed by atoms with Crippen LogP contribution in [0.25, 0.3) is 0 Å². The average molecular weight is 200 g/mol. The van der Waals surface area contributed by atoms with Gasteiger partial charge in [0.2, 0.25) is 0 Å². The smallest absolute Gasteiger partial charge is 0.0610 e. The molecular formula is C11H24N2O. The number of hydrogen-bond donors (Lipinski definition) is 2. The van der Waals surface area contributed by atoms with Crippen molar-refractivity contribution in [1.82, 2.24) is 10.2 Å². The molecule has 84 valence electrons. The van der Waals surface area contributed by atoms with Crippen molar-refractivity contribution in [1.29, 1.82) is 0 Å². The summed E-state index contributed by atoms with van der Waals surface area (Å²) < 4.78 is 0. The number of likely N-dealkylation sites (N-methyl/N-ethyl adjacent to an activating group) is 1. The molecule has 14 heavy (non-hydrogen) atoms. The number of nitrogens with one attached hydrogen (secondary N) is 1. The SMILES string of the molecule is CNC(C)(CO)CCCN1CCCC1. The summed E-state index contributed by atoms with van der Waals surface area (Å²) in [5.74, 6) is 0. The predicted octanol–water partition coefficient (Wildman–Crippen LogP) is 0.833. The third-order valence-electron chi connectivity index (χ3n) is 3.35. The molecule has 0 aromatic carbocycles. The summed E-state index contributed by atoms with van der Waals surface area (Å²) >= 11 is 0. The van der Waals surface area contributed by atoms with Crippen molar-refractivity contribution in [3.63, 3.8) is 0 Å². The van der Waals surface area contributed by atoms with Crippen LogP contribution in [-0.4, -0.2) is 48.8 Å². The molecule has 0 saturated carbocycles. The van der Waals surface area contributed by atoms with Crippen LogP contribution in [0.1, 0.15) is 32.6 Å². The van der Waals surface area contributed by atoms with Crippen LogP contribution in [0, 0.1) is 0 Å². The van der Waals surface area contributed by atoms with Gasteiger partial charge in [0.1, 0.15) is 0 Å². The maximum Gasteiger partial charge on any atom is 0.0610 e. The van der Waals surface area contributed by atoms with Crippen molar-refractivity contribution in [3.05, 3.63) is 0 Å². The lowest BCUT2D eigenvalue weighted by Crippen LogP contribution is -2.43. The van der Waals surface area contributed by atoms with Gasteiger partial charge in [-0.3, -0.25) is 0 Å². The van der Waals surface area contributed by atoms with E-state index in [-0.39, 0.29) is 12.1 Å². The summed E-state index contributed by atoms with van der Waals surface area (Å²) in [6, 6.07) is 0. The van der Waals surface area contributed by atoms with E-state index in [1.165, 1.54) is 38.9 Å². The van der Waals surface area contributed by atoms with E-state index in [1.54, 1.807) is 0 Å². The first-order valence-corrected chi connectivity index (χ1v) is 5.72. The van der Waals surface area contributed by atoms with Gasteiger partial charge in [0.25, 0.3) is 0 Å². The van der Waals surface area contributed by atoms with Crippen LogP contribution in [0.2, 0.25) is 0 Å². The summed E-state index contributed by atoms with van der Waals surface area (Å²) in [6.45, 7) is 6.04. The van der Waals surface area contributed by atoms with Gasteiger partial charge in [-0.15, -0.1) is 0 Å². The predicted molar refractivity (Wildman–Crippen MR) is 59.5 cm³/mol. The summed E-state index contributed by atoms with van der Waals surface area (Å²) in [6.07, 6.45) is 4.96. The molecule has 3 heteroatoms. The minimum Gasteiger partial charge on any atom is -0.394 e. The van der Waals surface area contributed by atoms with Crippen molar-refractivity contribution in [3.8, 4) is 0 Å². The molecule has 1 aliphatic rings. The lowest BCUT2D eigenvalue weighted by molar-refractivity contribution is 0.166. The van der Waals surface area contributed by atoms with Crippen LogP contribution in [-0.2, 0) is 0 Å². The van der Waals surface area contributed by atoms with Crippen molar-refractivity contribution in [2.75, 3.05) is 33.3 Å². The molecule has 1 unspecified atom stereocenters. The summed E-state index contributed by atoms with van der Waals surface area (Å²) in [5, 5.41) is 12.4. The van der Waals surface area contributed by atoms with Crippen LogP contribution >= 0.6 is 0 Å². The van der Waals surface area contributed by atoms with Gasteiger partial charge in [0, 0.05) is 5.54 Å². The maximum absolute atomic E-state index is 9.20. The Bertz CT molecular complexity index is 151. The molecule has 0 aromatic rings. The first-order valence-electron chi connectivity index (χ1n) is 5.72. The summed E-state index contributed by atoms with van der Waals surface area (Å²) in [4.78, 5) is 2.52. The summed E-state index contributed by atoms with van der Waals surface area (Å²) in [5.41, 5.74) is -0.0836. The number of likely N-dealkylation sites (tertiary alicyclic amines) is 1. The standard InChI is InChI=1S/C11H24N2O/c1-11(10-14,12-2)6-5-9-13-7-3-4-8-13/h12,14H,3-10H2,1-2H3. The third-order valence-corrected chi connectivity index (χ3v) is 3.35. The highest BCUT2D eigenvalue weighted by molar-refractivity contribution is 4.81. The Morgan fingerprint density at radius 1 is 1.36 bits per heavy atom. The highest BCUT2D eigenvalue weighted by atomic mass is 16.3. The second kappa shape index (κ2) is 5.69. The molecule has 1 aliphatic heterocycles. The normalized spacial score (nSPS) is 22.5. The first-order chi connectivity index (χ1) is 6.70. The molecule has 0 amide bonds. The van der Waals surface area contributed by atoms with Crippen LogP contribution in [0.15, 0.2) is 0 Å². The highest BCUT2D eigenvalue weighted by Gasteiger charge is 2.20. The Hall–Kier alpha value is -0.120. The van der Waals surface area contributed by atoms with Gasteiger partial charge in [-0.2, -0.15) is 0 Å². The molecule has 0 spiro atoms. The van der Waals surface area contributed by atoms with E-state index < -0.39 is 0 Å². The number of nitrogens with zero attached hydrogens (tertiary/aromatic N) is 1. The number of hydrogen-bond acceptors (Lipinski definition) is 3. The molecular weight excluding hydrogens is 176 g/mol. The van der Waals surface area contributed by atoms with Gasteiger partial charge >= 0.3 is 0 Å². The Balaban J connectivity index is 2.12. The van der Waals surface area contributed by atoms with E-state index in [0.29, 0.717) is 0 Å². The van der Waals surface area contributed by atoms with E-state index in [1.807, 2.05) is 7.05 Å². The van der Waals surface area contributed by atoms with Crippen molar-refractivity contribution >= 4 is 0 Å². The Morgan fingerprint density at radius 3 is 2.50 bits per heavy atom. The van der Waals surface area contributed by atoms with Crippen LogP contribution in [0.5, 0.6) is 0 Å². The molecule has 1 saturated heterocycles. The van der Waals surface area contributed by atoms with Gasteiger partial charge in [0.15, 0.2) is 0 Å². The molecule has 0 radical (unpaired) electrons. The molecule has 1 atom stereocenters. The van der Waals surface area contributed by atoms with E-state index in [2.05, 4.69) is 17.1 Å². The van der Waals surface area contributed by atoms with Gasteiger partial charge in [-0.05, 0) is 59.3 Å². The Kier molecular flexibility index (Phi) is 4.85. The van der Waals surface area contributed by atoms with E-state index in [0.717, 1.165) is 6.42 Å². The third kappa shape index (κ3) is 3.56. The molecule has 0 aromatic heterocycles. The van der Waals surface area contributed by atoms with Gasteiger partial charge in [0.05, 0.1) is 6.61 Å². The van der Waals surface area contributed by atoms with Crippen molar-refractivity contribution in [2.45, 2.75) is 38.1 Å². The molecule has 1 heterocycles. The van der Waals surface area contributed by atoms with E-state index in [4.69, 9.17) is 0 Å². The van der Waals surface area contributed by atoms with Crippen molar-refractivity contribution < 1.29 is 5.11 Å². The monoisotopic (exact) mass is 200 g/mol. The van der Waals surface area contributed by atoms with Crippen LogP contribution in [0.3, 0.4) is 0 Å². The number of aliphatic hydroxyl groups excluding tert-OH is 1. The zero-order valence-electron chi connectivity index (χ0n) is 9.55. The van der Waals surface area contributed by atoms with Gasteiger partial charge in [-0.1, -0.05) is 0 Å². The lowest BCUT2D eigenvalue weighted by Gasteiger charge is -2.27. The maximum atomic E-state index is 9.20. The molecule has 0 bridgehead atoms. The molecule has 1 fully saturated rings. The molecule has 2 N–H and O–H groups in total. The number of rotatable bonds is 6. The molecule has 0 aliphatic carbocycles. The minimum absolute atomic E-state index is 0.0836. The fraction of sp³-hybridized carbons (Fsp3) is 1.00. The highest BCUT2D eigenvalue weighted by Crippen LogP contribution is 2.13. The fourth-order valence-corrected chi connectivity index (χ4v) is 1.98. The Morgan fingerprint density at radius 2 is 2.00 bits per heavy atom. The van der Waals surface area contributed by atoms with Crippen molar-refractivity contribution in [2.24, 2.45) is 0 Å². The van der Waals surface area contributed by atoms with Crippen LogP contribution in [0.4, 0.5) is 0 Å². The largest absolute Gasteiger partial charge is 0.394 e. The average Bonchev–Trinajstić information content (AvgIpc) is 2.70. The first kappa shape index (κ1) is 12.0. The summed E-state index contributed by atoms with van der Waals surface area (Å²) in [7, 11) is 1.92. The van der Waals surface area contributed by atoms with Gasteiger partial charge in [-0.25, -0.2) is 0 Å². The Labute approximate surface area is 87.5 Å². The fourth-order valence-electron chi connectivity index (χ4n) is 1.98.